The van der Waals surface area contributed by atoms with E-state index in [0.29, 0.717) is 0 Å². The van der Waals surface area contributed by atoms with Crippen molar-refractivity contribution in [3.8, 4) is 11.3 Å². The summed E-state index contributed by atoms with van der Waals surface area (Å²) in [4.78, 5) is 13.0. The van der Waals surface area contributed by atoms with Gasteiger partial charge in [-0.3, -0.25) is 9.48 Å². The lowest BCUT2D eigenvalue weighted by molar-refractivity contribution is -0.137. The smallest absolute Gasteiger partial charge is 0.266 e. The van der Waals surface area contributed by atoms with Crippen LogP contribution in [0.5, 0.6) is 0 Å². The predicted octanol–water partition coefficient (Wildman–Crippen LogP) is 5.35. The molecule has 0 aliphatic carbocycles. The average Bonchev–Trinajstić information content (AvgIpc) is 3.25. The SMILES string of the molecule is Cc1cccc(C)c1Cn1nc(-c2ccccc2C(F)(F)F)cc1C(=O)NS(=O)(=O)c1ccccc1. The molecular formula is C26H22F3N3O3S. The molecule has 36 heavy (non-hydrogen) atoms. The van der Waals surface area contributed by atoms with Crippen LogP contribution in [0.3, 0.4) is 0 Å². The maximum atomic E-state index is 13.7. The highest BCUT2D eigenvalue weighted by Gasteiger charge is 2.34. The zero-order valence-corrected chi connectivity index (χ0v) is 20.2. The number of carbonyl (C=O) groups is 1. The molecule has 1 heterocycles. The molecule has 0 fully saturated rings. The van der Waals surface area contributed by atoms with Crippen LogP contribution in [0.15, 0.2) is 83.8 Å². The Kier molecular flexibility index (Phi) is 6.73. The van der Waals surface area contributed by atoms with Crippen molar-refractivity contribution in [2.75, 3.05) is 0 Å². The number of aryl methyl sites for hydroxylation is 2. The second-order valence-corrected chi connectivity index (χ2v) is 9.92. The number of halogens is 3. The van der Waals surface area contributed by atoms with Crippen LogP contribution in [0.1, 0.15) is 32.7 Å². The number of aromatic nitrogens is 2. The standard InChI is InChI=1S/C26H22F3N3O3S/c1-17-9-8-10-18(2)21(17)16-32-24(25(33)31-36(34,35)19-11-4-3-5-12-19)15-23(30-32)20-13-6-7-14-22(20)26(27,28)29/h3-15H,16H2,1-2H3,(H,31,33). The van der Waals surface area contributed by atoms with E-state index in [2.05, 4.69) is 5.10 Å². The van der Waals surface area contributed by atoms with Gasteiger partial charge in [-0.1, -0.05) is 54.6 Å². The van der Waals surface area contributed by atoms with Gasteiger partial charge in [0.05, 0.1) is 22.7 Å². The normalized spacial score (nSPS) is 11.9. The van der Waals surface area contributed by atoms with Crippen LogP contribution in [0.4, 0.5) is 13.2 Å². The summed E-state index contributed by atoms with van der Waals surface area (Å²) in [6, 6.07) is 19.0. The van der Waals surface area contributed by atoms with Crippen molar-refractivity contribution in [2.45, 2.75) is 31.5 Å². The Morgan fingerprint density at radius 1 is 0.917 bits per heavy atom. The Morgan fingerprint density at radius 2 is 1.53 bits per heavy atom. The molecule has 186 valence electrons. The first-order chi connectivity index (χ1) is 17.0. The summed E-state index contributed by atoms with van der Waals surface area (Å²) in [7, 11) is -4.22. The van der Waals surface area contributed by atoms with E-state index in [1.165, 1.54) is 53.2 Å². The minimum atomic E-state index is -4.65. The molecule has 0 bridgehead atoms. The van der Waals surface area contributed by atoms with Crippen LogP contribution in [0.2, 0.25) is 0 Å². The van der Waals surface area contributed by atoms with Crippen molar-refractivity contribution in [2.24, 2.45) is 0 Å². The number of rotatable bonds is 6. The molecular weight excluding hydrogens is 491 g/mol. The molecule has 1 amide bonds. The molecule has 0 aliphatic heterocycles. The largest absolute Gasteiger partial charge is 0.417 e. The number of sulfonamides is 1. The van der Waals surface area contributed by atoms with E-state index in [4.69, 9.17) is 0 Å². The van der Waals surface area contributed by atoms with Gasteiger partial charge in [-0.15, -0.1) is 0 Å². The maximum absolute atomic E-state index is 13.7. The molecule has 0 aliphatic rings. The van der Waals surface area contributed by atoms with Gasteiger partial charge in [-0.2, -0.15) is 18.3 Å². The second kappa shape index (κ2) is 9.62. The number of hydrogen-bond acceptors (Lipinski definition) is 4. The molecule has 1 N–H and O–H groups in total. The summed E-state index contributed by atoms with van der Waals surface area (Å²) >= 11 is 0. The van der Waals surface area contributed by atoms with Crippen LogP contribution in [-0.2, 0) is 22.7 Å². The van der Waals surface area contributed by atoms with Crippen molar-refractivity contribution in [1.82, 2.24) is 14.5 Å². The summed E-state index contributed by atoms with van der Waals surface area (Å²) in [5.74, 6) is -1.01. The number of nitrogens with zero attached hydrogens (tertiary/aromatic N) is 2. The van der Waals surface area contributed by atoms with Crippen molar-refractivity contribution in [3.63, 3.8) is 0 Å². The minimum Gasteiger partial charge on any atom is -0.266 e. The quantitative estimate of drug-likeness (QED) is 0.377. The summed E-state index contributed by atoms with van der Waals surface area (Å²) in [6.45, 7) is 3.79. The van der Waals surface area contributed by atoms with Crippen LogP contribution in [0, 0.1) is 13.8 Å². The Morgan fingerprint density at radius 3 is 2.17 bits per heavy atom. The first-order valence-electron chi connectivity index (χ1n) is 10.9. The highest BCUT2D eigenvalue weighted by Crippen LogP contribution is 2.36. The fourth-order valence-corrected chi connectivity index (χ4v) is 4.87. The van der Waals surface area contributed by atoms with Gasteiger partial charge < -0.3 is 0 Å². The number of nitrogens with one attached hydrogen (secondary N) is 1. The molecule has 0 spiro atoms. The monoisotopic (exact) mass is 513 g/mol. The third-order valence-electron chi connectivity index (χ3n) is 5.75. The van der Waals surface area contributed by atoms with E-state index in [1.54, 1.807) is 6.07 Å². The van der Waals surface area contributed by atoms with Gasteiger partial charge in [0.2, 0.25) is 0 Å². The predicted molar refractivity (Wildman–Crippen MR) is 129 cm³/mol. The molecule has 3 aromatic carbocycles. The highest BCUT2D eigenvalue weighted by molar-refractivity contribution is 7.90. The second-order valence-electron chi connectivity index (χ2n) is 8.23. The molecule has 4 rings (SSSR count). The Hall–Kier alpha value is -3.92. The zero-order chi connectivity index (χ0) is 26.1. The van der Waals surface area contributed by atoms with Gasteiger partial charge in [0, 0.05) is 5.56 Å². The van der Waals surface area contributed by atoms with E-state index in [-0.39, 0.29) is 28.4 Å². The summed E-state index contributed by atoms with van der Waals surface area (Å²) < 4.78 is 69.7. The lowest BCUT2D eigenvalue weighted by Crippen LogP contribution is -2.32. The Labute approximate surface area is 206 Å². The number of hydrogen-bond donors (Lipinski definition) is 1. The van der Waals surface area contributed by atoms with E-state index < -0.39 is 27.7 Å². The lowest BCUT2D eigenvalue weighted by Gasteiger charge is -2.13. The van der Waals surface area contributed by atoms with Crippen molar-refractivity contribution in [1.29, 1.82) is 0 Å². The number of carbonyl (C=O) groups excluding carboxylic acids is 1. The molecule has 0 radical (unpaired) electrons. The lowest BCUT2D eigenvalue weighted by atomic mass is 10.0. The molecule has 0 saturated carbocycles. The molecule has 6 nitrogen and oxygen atoms in total. The van der Waals surface area contributed by atoms with Crippen LogP contribution < -0.4 is 4.72 Å². The van der Waals surface area contributed by atoms with E-state index in [1.807, 2.05) is 36.8 Å². The molecule has 1 aromatic heterocycles. The van der Waals surface area contributed by atoms with Crippen LogP contribution in [0.25, 0.3) is 11.3 Å². The molecule has 0 unspecified atom stereocenters. The Bertz CT molecular complexity index is 1510. The molecule has 10 heteroatoms. The molecule has 0 atom stereocenters. The highest BCUT2D eigenvalue weighted by atomic mass is 32.2. The summed E-state index contributed by atoms with van der Waals surface area (Å²) in [5.41, 5.74) is 1.18. The van der Waals surface area contributed by atoms with Gasteiger partial charge in [0.1, 0.15) is 5.69 Å². The zero-order valence-electron chi connectivity index (χ0n) is 19.4. The Balaban J connectivity index is 1.82. The number of alkyl halides is 3. The molecule has 4 aromatic rings. The average molecular weight is 514 g/mol. The first-order valence-corrected chi connectivity index (χ1v) is 12.4. The topological polar surface area (TPSA) is 81.1 Å². The van der Waals surface area contributed by atoms with E-state index in [9.17, 15) is 26.4 Å². The molecule has 0 saturated heterocycles. The van der Waals surface area contributed by atoms with Crippen LogP contribution in [-0.4, -0.2) is 24.1 Å². The number of benzene rings is 3. The third-order valence-corrected chi connectivity index (χ3v) is 7.10. The summed E-state index contributed by atoms with van der Waals surface area (Å²) in [5, 5.41) is 4.32. The van der Waals surface area contributed by atoms with Gasteiger partial charge in [0.25, 0.3) is 15.9 Å². The fourth-order valence-electron chi connectivity index (χ4n) is 3.89. The third kappa shape index (κ3) is 5.18. The van der Waals surface area contributed by atoms with Crippen molar-refractivity contribution >= 4 is 15.9 Å². The van der Waals surface area contributed by atoms with E-state index >= 15 is 0 Å². The first kappa shape index (κ1) is 25.2. The van der Waals surface area contributed by atoms with Crippen molar-refractivity contribution < 1.29 is 26.4 Å². The fraction of sp³-hybridized carbons (Fsp3) is 0.154. The van der Waals surface area contributed by atoms with E-state index in [0.717, 1.165) is 22.8 Å². The maximum Gasteiger partial charge on any atom is 0.417 e. The van der Waals surface area contributed by atoms with Gasteiger partial charge in [-0.25, -0.2) is 13.1 Å². The van der Waals surface area contributed by atoms with Gasteiger partial charge >= 0.3 is 6.18 Å². The van der Waals surface area contributed by atoms with Gasteiger partial charge in [-0.05, 0) is 54.8 Å². The van der Waals surface area contributed by atoms with Gasteiger partial charge in [0.15, 0.2) is 0 Å². The van der Waals surface area contributed by atoms with Crippen LogP contribution >= 0.6 is 0 Å². The number of amides is 1. The summed E-state index contributed by atoms with van der Waals surface area (Å²) in [6.07, 6.45) is -4.65. The van der Waals surface area contributed by atoms with Crippen molar-refractivity contribution in [3.05, 3.63) is 107 Å². The minimum absolute atomic E-state index is 0.0564.